The van der Waals surface area contributed by atoms with E-state index in [4.69, 9.17) is 11.6 Å². The molecule has 2 rings (SSSR count). The van der Waals surface area contributed by atoms with Crippen molar-refractivity contribution in [2.24, 2.45) is 9.98 Å². The molecule has 6 nitrogen and oxygen atoms in total. The number of aromatic nitrogens is 1. The van der Waals surface area contributed by atoms with Crippen molar-refractivity contribution in [2.45, 2.75) is 52.5 Å². The lowest BCUT2D eigenvalue weighted by molar-refractivity contribution is 0.0954. The molecule has 1 aromatic rings. The summed E-state index contributed by atoms with van der Waals surface area (Å²) in [5.74, 6) is -0.115. The molecular weight excluding hydrogens is 446 g/mol. The van der Waals surface area contributed by atoms with Crippen LogP contribution >= 0.6 is 11.6 Å². The van der Waals surface area contributed by atoms with Gasteiger partial charge in [0.2, 0.25) is 0 Å². The Morgan fingerprint density at radius 1 is 1.32 bits per heavy atom. The predicted molar refractivity (Wildman–Crippen MR) is 144 cm³/mol. The average molecular weight is 482 g/mol. The number of pyridine rings is 1. The number of aliphatic imine (C=N–C) groups is 2. The number of hydrogen-bond donors (Lipinski definition) is 1. The first-order chi connectivity index (χ1) is 16.5. The van der Waals surface area contributed by atoms with Gasteiger partial charge in [-0.2, -0.15) is 0 Å². The lowest BCUT2D eigenvalue weighted by atomic mass is 10.1. The van der Waals surface area contributed by atoms with Crippen LogP contribution in [0, 0.1) is 0 Å². The third kappa shape index (κ3) is 10.8. The maximum atomic E-state index is 12.5. The van der Waals surface area contributed by atoms with E-state index in [1.54, 1.807) is 18.5 Å². The molecule has 1 aliphatic heterocycles. The van der Waals surface area contributed by atoms with Gasteiger partial charge in [-0.3, -0.25) is 19.8 Å². The third-order valence-electron chi connectivity index (χ3n) is 5.12. The number of aryl methyl sites for hydroxylation is 1. The smallest absolute Gasteiger partial charge is 0.251 e. The number of carbonyl (C=O) groups is 1. The zero-order valence-corrected chi connectivity index (χ0v) is 21.2. The van der Waals surface area contributed by atoms with Crippen molar-refractivity contribution in [3.63, 3.8) is 0 Å². The second kappa shape index (κ2) is 15.8. The minimum Gasteiger partial charge on any atom is -0.350 e. The van der Waals surface area contributed by atoms with Crippen molar-refractivity contribution in [1.82, 2.24) is 15.2 Å². The normalized spacial score (nSPS) is 16.7. The highest BCUT2D eigenvalue weighted by Gasteiger charge is 2.09. The minimum atomic E-state index is -0.115. The van der Waals surface area contributed by atoms with E-state index in [-0.39, 0.29) is 11.9 Å². The van der Waals surface area contributed by atoms with Crippen LogP contribution in [0.25, 0.3) is 0 Å². The Hall–Kier alpha value is -2.99. The summed E-state index contributed by atoms with van der Waals surface area (Å²) in [5.41, 5.74) is 2.74. The van der Waals surface area contributed by atoms with E-state index < -0.39 is 0 Å². The second-order valence-electron chi connectivity index (χ2n) is 8.13. The van der Waals surface area contributed by atoms with Crippen molar-refractivity contribution in [3.05, 3.63) is 76.8 Å². The van der Waals surface area contributed by atoms with Crippen molar-refractivity contribution in [2.75, 3.05) is 19.6 Å². The van der Waals surface area contributed by atoms with Crippen LogP contribution < -0.4 is 5.32 Å². The van der Waals surface area contributed by atoms with E-state index in [0.717, 1.165) is 37.9 Å². The van der Waals surface area contributed by atoms with Crippen molar-refractivity contribution in [3.8, 4) is 0 Å². The summed E-state index contributed by atoms with van der Waals surface area (Å²) in [5, 5.41) is 3.53. The molecule has 34 heavy (non-hydrogen) atoms. The number of halogens is 1. The number of carbonyl (C=O) groups excluding carboxylic acids is 1. The Kier molecular flexibility index (Phi) is 12.6. The van der Waals surface area contributed by atoms with Crippen molar-refractivity contribution in [1.29, 1.82) is 0 Å². The first-order valence-corrected chi connectivity index (χ1v) is 12.3. The summed E-state index contributed by atoms with van der Waals surface area (Å²) >= 11 is 6.11. The maximum Gasteiger partial charge on any atom is 0.251 e. The van der Waals surface area contributed by atoms with Crippen LogP contribution in [0.2, 0.25) is 0 Å². The van der Waals surface area contributed by atoms with Gasteiger partial charge in [-0.15, -0.1) is 0 Å². The van der Waals surface area contributed by atoms with Crippen LogP contribution in [0.4, 0.5) is 0 Å². The summed E-state index contributed by atoms with van der Waals surface area (Å²) < 4.78 is 0. The summed E-state index contributed by atoms with van der Waals surface area (Å²) in [6.07, 6.45) is 21.0. The van der Waals surface area contributed by atoms with E-state index in [0.29, 0.717) is 23.7 Å². The Labute approximate surface area is 208 Å². The van der Waals surface area contributed by atoms with Crippen LogP contribution in [-0.4, -0.2) is 54.0 Å². The number of unbranched alkanes of at least 4 members (excludes halogenated alkanes) is 1. The fourth-order valence-electron chi connectivity index (χ4n) is 3.18. The molecule has 2 heterocycles. The van der Waals surface area contributed by atoms with Crippen LogP contribution in [0.15, 0.2) is 75.5 Å². The lowest BCUT2D eigenvalue weighted by Gasteiger charge is -2.24. The Morgan fingerprint density at radius 3 is 2.97 bits per heavy atom. The highest BCUT2D eigenvalue weighted by molar-refractivity contribution is 6.39. The molecule has 0 bridgehead atoms. The zero-order valence-electron chi connectivity index (χ0n) is 20.5. The molecule has 1 unspecified atom stereocenters. The van der Waals surface area contributed by atoms with Crippen LogP contribution in [-0.2, 0) is 6.42 Å². The molecule has 0 spiro atoms. The molecule has 1 aromatic heterocycles. The summed E-state index contributed by atoms with van der Waals surface area (Å²) in [6, 6.07) is 3.85. The number of rotatable bonds is 13. The van der Waals surface area contributed by atoms with E-state index in [9.17, 15) is 4.79 Å². The first kappa shape index (κ1) is 27.3. The van der Waals surface area contributed by atoms with Gasteiger partial charge in [-0.25, -0.2) is 0 Å². The van der Waals surface area contributed by atoms with Crippen LogP contribution in [0.5, 0.6) is 0 Å². The van der Waals surface area contributed by atoms with Crippen molar-refractivity contribution >= 4 is 30.1 Å². The SMILES string of the molecule is CCCC\N=C/C(Cl)=C\C=C\CCc1cc(C(=O)NCC/N=C\N2C=CC(C)=CC2C)ccn1. The largest absolute Gasteiger partial charge is 0.350 e. The quantitative estimate of drug-likeness (QED) is 0.175. The van der Waals surface area contributed by atoms with E-state index in [2.05, 4.69) is 53.2 Å². The Morgan fingerprint density at radius 2 is 2.18 bits per heavy atom. The molecule has 0 saturated heterocycles. The third-order valence-corrected chi connectivity index (χ3v) is 5.34. The molecule has 1 atom stereocenters. The van der Waals surface area contributed by atoms with E-state index >= 15 is 0 Å². The fourth-order valence-corrected chi connectivity index (χ4v) is 3.32. The predicted octanol–water partition coefficient (Wildman–Crippen LogP) is 5.49. The summed E-state index contributed by atoms with van der Waals surface area (Å²) in [4.78, 5) is 27.6. The number of allylic oxidation sites excluding steroid dienone is 6. The van der Waals surface area contributed by atoms with Gasteiger partial charge in [-0.1, -0.05) is 48.7 Å². The molecule has 0 fully saturated rings. The van der Waals surface area contributed by atoms with Gasteiger partial charge >= 0.3 is 0 Å². The molecule has 7 heteroatoms. The standard InChI is InChI=1S/C27H36ClN5O/c1-4-5-13-29-20-25(28)9-7-6-8-10-26-19-24(11-14-31-26)27(34)32-16-15-30-21-33-17-12-22(2)18-23(33)3/h6-7,9,11-12,14,17-21,23H,4-5,8,10,13,15-16H2,1-3H3,(H,32,34)/b7-6+,25-9+,29-20-,30-21-. The number of nitrogens with zero attached hydrogens (tertiary/aromatic N) is 4. The lowest BCUT2D eigenvalue weighted by Crippen LogP contribution is -2.29. The summed E-state index contributed by atoms with van der Waals surface area (Å²) in [7, 11) is 0. The number of amides is 1. The van der Waals surface area contributed by atoms with E-state index in [1.807, 2.05) is 41.7 Å². The molecule has 0 saturated carbocycles. The van der Waals surface area contributed by atoms with Gasteiger partial charge in [0.25, 0.3) is 5.91 Å². The fraction of sp³-hybridized carbons (Fsp3) is 0.407. The molecule has 1 amide bonds. The average Bonchev–Trinajstić information content (AvgIpc) is 2.82. The van der Waals surface area contributed by atoms with Gasteiger partial charge in [0.1, 0.15) is 0 Å². The topological polar surface area (TPSA) is 70.0 Å². The molecule has 0 aliphatic carbocycles. The van der Waals surface area contributed by atoms with Crippen LogP contribution in [0.3, 0.4) is 0 Å². The van der Waals surface area contributed by atoms with Gasteiger partial charge < -0.3 is 10.2 Å². The van der Waals surface area contributed by atoms with E-state index in [1.165, 1.54) is 5.57 Å². The Bertz CT molecular complexity index is 962. The first-order valence-electron chi connectivity index (χ1n) is 11.9. The molecular formula is C27H36ClN5O. The van der Waals surface area contributed by atoms with Gasteiger partial charge in [0, 0.05) is 43.0 Å². The summed E-state index contributed by atoms with van der Waals surface area (Å²) in [6.45, 7) is 8.14. The molecule has 1 aliphatic rings. The van der Waals surface area contributed by atoms with Crippen molar-refractivity contribution < 1.29 is 4.79 Å². The maximum absolute atomic E-state index is 12.5. The molecule has 0 radical (unpaired) electrons. The Balaban J connectivity index is 1.71. The highest BCUT2D eigenvalue weighted by atomic mass is 35.5. The molecule has 1 N–H and O–H groups in total. The zero-order chi connectivity index (χ0) is 24.6. The van der Waals surface area contributed by atoms with Gasteiger partial charge in [0.05, 0.1) is 24.0 Å². The number of hydrogen-bond acceptors (Lipinski definition) is 4. The van der Waals surface area contributed by atoms with Gasteiger partial charge in [-0.05, 0) is 57.4 Å². The second-order valence-corrected chi connectivity index (χ2v) is 8.57. The van der Waals surface area contributed by atoms with Crippen LogP contribution in [0.1, 0.15) is 56.1 Å². The number of nitrogens with one attached hydrogen (secondary N) is 1. The molecule has 0 aromatic carbocycles. The monoisotopic (exact) mass is 481 g/mol. The molecule has 182 valence electrons. The minimum absolute atomic E-state index is 0.115. The van der Waals surface area contributed by atoms with Gasteiger partial charge in [0.15, 0.2) is 0 Å². The highest BCUT2D eigenvalue weighted by Crippen LogP contribution is 2.11.